The maximum absolute atomic E-state index is 14.0. The van der Waals surface area contributed by atoms with Gasteiger partial charge in [-0.3, -0.25) is 9.10 Å². The highest BCUT2D eigenvalue weighted by Gasteiger charge is 2.20. The Balaban J connectivity index is 1.53. The van der Waals surface area contributed by atoms with Crippen LogP contribution in [0.15, 0.2) is 78.9 Å². The summed E-state index contributed by atoms with van der Waals surface area (Å²) in [7, 11) is -3.68. The topological polar surface area (TPSA) is 75.7 Å². The second-order valence-electron chi connectivity index (χ2n) is 6.88. The minimum atomic E-state index is -3.68. The number of sulfonamides is 1. The molecule has 0 saturated carbocycles. The fourth-order valence-electron chi connectivity index (χ4n) is 2.96. The molecule has 0 saturated heterocycles. The van der Waals surface area contributed by atoms with Crippen molar-refractivity contribution in [2.45, 2.75) is 12.8 Å². The Bertz CT molecular complexity index is 1120. The number of carbonyl (C=O) groups is 1. The van der Waals surface area contributed by atoms with Gasteiger partial charge in [0.2, 0.25) is 15.9 Å². The first-order chi connectivity index (χ1) is 14.8. The predicted molar refractivity (Wildman–Crippen MR) is 119 cm³/mol. The van der Waals surface area contributed by atoms with E-state index in [0.29, 0.717) is 17.2 Å². The Morgan fingerprint density at radius 2 is 1.55 bits per heavy atom. The van der Waals surface area contributed by atoms with Crippen molar-refractivity contribution in [2.24, 2.45) is 0 Å². The molecule has 0 spiro atoms. The van der Waals surface area contributed by atoms with E-state index in [1.165, 1.54) is 18.2 Å². The van der Waals surface area contributed by atoms with E-state index < -0.39 is 15.8 Å². The molecule has 3 rings (SSSR count). The molecule has 0 unspecified atom stereocenters. The normalized spacial score (nSPS) is 11.0. The zero-order valence-corrected chi connectivity index (χ0v) is 17.8. The Labute approximate surface area is 181 Å². The van der Waals surface area contributed by atoms with Crippen LogP contribution in [0.5, 0.6) is 11.5 Å². The zero-order chi connectivity index (χ0) is 22.3. The molecule has 0 bridgehead atoms. The smallest absolute Gasteiger partial charge is 0.232 e. The summed E-state index contributed by atoms with van der Waals surface area (Å²) < 4.78 is 44.8. The van der Waals surface area contributed by atoms with Crippen LogP contribution in [0.25, 0.3) is 0 Å². The van der Waals surface area contributed by atoms with Gasteiger partial charge in [-0.1, -0.05) is 30.3 Å². The second-order valence-corrected chi connectivity index (χ2v) is 8.78. The molecule has 31 heavy (non-hydrogen) atoms. The molecule has 0 aliphatic heterocycles. The molecule has 162 valence electrons. The highest BCUT2D eigenvalue weighted by Crippen LogP contribution is 2.24. The molecule has 0 fully saturated rings. The molecule has 0 aliphatic rings. The van der Waals surface area contributed by atoms with Crippen LogP contribution in [0.1, 0.15) is 12.8 Å². The van der Waals surface area contributed by atoms with Gasteiger partial charge in [-0.25, -0.2) is 12.8 Å². The lowest BCUT2D eigenvalue weighted by Gasteiger charge is -2.22. The summed E-state index contributed by atoms with van der Waals surface area (Å²) >= 11 is 0. The van der Waals surface area contributed by atoms with E-state index in [2.05, 4.69) is 5.32 Å². The van der Waals surface area contributed by atoms with Gasteiger partial charge >= 0.3 is 0 Å². The quantitative estimate of drug-likeness (QED) is 0.516. The van der Waals surface area contributed by atoms with E-state index in [9.17, 15) is 17.6 Å². The number of amides is 1. The fourth-order valence-corrected chi connectivity index (χ4v) is 3.92. The van der Waals surface area contributed by atoms with E-state index in [0.717, 1.165) is 10.6 Å². The van der Waals surface area contributed by atoms with Gasteiger partial charge in [0.1, 0.15) is 17.3 Å². The molecule has 1 N–H and O–H groups in total. The molecule has 0 aromatic heterocycles. The molecule has 0 aliphatic carbocycles. The molecule has 3 aromatic rings. The third-order valence-electron chi connectivity index (χ3n) is 4.40. The summed E-state index contributed by atoms with van der Waals surface area (Å²) in [6.07, 6.45) is 1.34. The van der Waals surface area contributed by atoms with Gasteiger partial charge in [0.25, 0.3) is 0 Å². The van der Waals surface area contributed by atoms with Crippen molar-refractivity contribution >= 4 is 27.3 Å². The Hall–Kier alpha value is -3.39. The van der Waals surface area contributed by atoms with Crippen molar-refractivity contribution in [3.63, 3.8) is 0 Å². The lowest BCUT2D eigenvalue weighted by Crippen LogP contribution is -2.32. The van der Waals surface area contributed by atoms with Crippen LogP contribution >= 0.6 is 0 Å². The summed E-state index contributed by atoms with van der Waals surface area (Å²) in [4.78, 5) is 12.2. The van der Waals surface area contributed by atoms with Gasteiger partial charge in [0.15, 0.2) is 0 Å². The summed E-state index contributed by atoms with van der Waals surface area (Å²) in [6, 6.07) is 21.9. The summed E-state index contributed by atoms with van der Waals surface area (Å²) in [5, 5.41) is 2.76. The molecule has 0 atom stereocenters. The second kappa shape index (κ2) is 10.1. The van der Waals surface area contributed by atoms with Crippen molar-refractivity contribution in [2.75, 3.05) is 22.4 Å². The largest absolute Gasteiger partial charge is 0.457 e. The Kier molecular flexibility index (Phi) is 7.25. The average molecular weight is 443 g/mol. The summed E-state index contributed by atoms with van der Waals surface area (Å²) in [5.74, 6) is 0.455. The minimum Gasteiger partial charge on any atom is -0.457 e. The number of carbonyl (C=O) groups excluding carboxylic acids is 1. The van der Waals surface area contributed by atoms with Crippen LogP contribution in [0, 0.1) is 5.82 Å². The van der Waals surface area contributed by atoms with Crippen molar-refractivity contribution < 1.29 is 22.3 Å². The van der Waals surface area contributed by atoms with Crippen LogP contribution in [0.3, 0.4) is 0 Å². The summed E-state index contributed by atoms with van der Waals surface area (Å²) in [5.41, 5.74) is 0.568. The van der Waals surface area contributed by atoms with E-state index in [4.69, 9.17) is 4.74 Å². The Morgan fingerprint density at radius 1 is 0.935 bits per heavy atom. The van der Waals surface area contributed by atoms with Gasteiger partial charge in [0.05, 0.1) is 11.9 Å². The van der Waals surface area contributed by atoms with E-state index in [-0.39, 0.29) is 31.0 Å². The number of hydrogen-bond donors (Lipinski definition) is 1. The third kappa shape index (κ3) is 6.55. The van der Waals surface area contributed by atoms with Crippen LogP contribution < -0.4 is 14.4 Å². The van der Waals surface area contributed by atoms with Gasteiger partial charge in [-0.05, 0) is 55.0 Å². The van der Waals surface area contributed by atoms with E-state index in [1.54, 1.807) is 30.3 Å². The van der Waals surface area contributed by atoms with Crippen LogP contribution in [-0.2, 0) is 14.8 Å². The van der Waals surface area contributed by atoms with Gasteiger partial charge < -0.3 is 10.1 Å². The fraction of sp³-hybridized carbons (Fsp3) is 0.174. The molecular weight excluding hydrogens is 419 g/mol. The standard InChI is InChI=1S/C23H23FN2O4S/c1-31(28,29)26(22-11-6-5-10-21(22)24)17-7-12-23(27)25-18-13-15-20(16-14-18)30-19-8-3-2-4-9-19/h2-6,8-11,13-16H,7,12,17H2,1H3,(H,25,27). The third-order valence-corrected chi connectivity index (χ3v) is 5.58. The zero-order valence-electron chi connectivity index (χ0n) is 17.0. The lowest BCUT2D eigenvalue weighted by molar-refractivity contribution is -0.116. The monoisotopic (exact) mass is 442 g/mol. The molecule has 1 amide bonds. The highest BCUT2D eigenvalue weighted by atomic mass is 32.2. The number of ether oxygens (including phenoxy) is 1. The molecule has 0 radical (unpaired) electrons. The summed E-state index contributed by atoms with van der Waals surface area (Å²) in [6.45, 7) is -0.00294. The first kappa shape index (κ1) is 22.3. The van der Waals surface area contributed by atoms with Crippen molar-refractivity contribution in [1.82, 2.24) is 0 Å². The predicted octanol–water partition coefficient (Wildman–Crippen LogP) is 4.80. The number of anilines is 2. The van der Waals surface area contributed by atoms with Crippen molar-refractivity contribution in [3.05, 3.63) is 84.7 Å². The number of benzene rings is 3. The molecule has 0 heterocycles. The minimum absolute atomic E-state index is 0.00294. The number of para-hydroxylation sites is 2. The van der Waals surface area contributed by atoms with E-state index >= 15 is 0 Å². The van der Waals surface area contributed by atoms with Crippen LogP contribution in [0.4, 0.5) is 15.8 Å². The number of nitrogens with zero attached hydrogens (tertiary/aromatic N) is 1. The molecule has 3 aromatic carbocycles. The maximum atomic E-state index is 14.0. The van der Waals surface area contributed by atoms with Gasteiger partial charge in [-0.2, -0.15) is 0 Å². The first-order valence-electron chi connectivity index (χ1n) is 9.68. The van der Waals surface area contributed by atoms with Crippen LogP contribution in [0.2, 0.25) is 0 Å². The maximum Gasteiger partial charge on any atom is 0.232 e. The molecular formula is C23H23FN2O4S. The SMILES string of the molecule is CS(=O)(=O)N(CCCC(=O)Nc1ccc(Oc2ccccc2)cc1)c1ccccc1F. The Morgan fingerprint density at radius 3 is 2.19 bits per heavy atom. The molecule has 6 nitrogen and oxygen atoms in total. The molecule has 8 heteroatoms. The van der Waals surface area contributed by atoms with Crippen LogP contribution in [-0.4, -0.2) is 27.1 Å². The van der Waals surface area contributed by atoms with Crippen molar-refractivity contribution in [3.8, 4) is 11.5 Å². The first-order valence-corrected chi connectivity index (χ1v) is 11.5. The van der Waals surface area contributed by atoms with Gasteiger partial charge in [0, 0.05) is 18.7 Å². The van der Waals surface area contributed by atoms with Gasteiger partial charge in [-0.15, -0.1) is 0 Å². The number of hydrogen-bond acceptors (Lipinski definition) is 4. The lowest BCUT2D eigenvalue weighted by atomic mass is 10.2. The number of rotatable bonds is 9. The number of halogens is 1. The average Bonchev–Trinajstić information content (AvgIpc) is 2.73. The van der Waals surface area contributed by atoms with Crippen molar-refractivity contribution in [1.29, 1.82) is 0 Å². The number of nitrogens with one attached hydrogen (secondary N) is 1. The highest BCUT2D eigenvalue weighted by molar-refractivity contribution is 7.92. The van der Waals surface area contributed by atoms with E-state index in [1.807, 2.05) is 30.3 Å².